The first-order valence-corrected chi connectivity index (χ1v) is 7.68. The number of aryl methyl sites for hydroxylation is 1. The molecule has 0 unspecified atom stereocenters. The van der Waals surface area contributed by atoms with Gasteiger partial charge in [-0.05, 0) is 12.5 Å². The highest BCUT2D eigenvalue weighted by atomic mass is 16.5. The van der Waals surface area contributed by atoms with E-state index in [-0.39, 0.29) is 0 Å². The topological polar surface area (TPSA) is 71.9 Å². The Labute approximate surface area is 130 Å². The molecule has 6 nitrogen and oxygen atoms in total. The minimum atomic E-state index is -0.586. The lowest BCUT2D eigenvalue weighted by Gasteiger charge is -2.23. The molecule has 120 valence electrons. The second-order valence-corrected chi connectivity index (χ2v) is 5.54. The first kappa shape index (κ1) is 16.5. The van der Waals surface area contributed by atoms with E-state index in [4.69, 9.17) is 4.74 Å². The third-order valence-corrected chi connectivity index (χ3v) is 3.74. The Kier molecular flexibility index (Phi) is 6.36. The predicted octanol–water partition coefficient (Wildman–Crippen LogP) is -1.36. The smallest absolute Gasteiger partial charge is 0.309 e. The first-order chi connectivity index (χ1) is 10.6. The van der Waals surface area contributed by atoms with E-state index in [0.717, 1.165) is 38.4 Å². The van der Waals surface area contributed by atoms with E-state index in [2.05, 4.69) is 10.6 Å². The van der Waals surface area contributed by atoms with E-state index in [9.17, 15) is 9.59 Å². The molecule has 0 saturated carbocycles. The lowest BCUT2D eigenvalue weighted by atomic mass is 10.1. The fraction of sp³-hybridized carbons (Fsp3) is 0.500. The van der Waals surface area contributed by atoms with Gasteiger partial charge in [-0.2, -0.15) is 0 Å². The van der Waals surface area contributed by atoms with Crippen molar-refractivity contribution in [1.82, 2.24) is 10.6 Å². The summed E-state index contributed by atoms with van der Waals surface area (Å²) in [5, 5.41) is 5.29. The minimum Gasteiger partial charge on any atom is -0.370 e. The maximum absolute atomic E-state index is 11.7. The van der Waals surface area contributed by atoms with Gasteiger partial charge in [0, 0.05) is 6.54 Å². The van der Waals surface area contributed by atoms with E-state index in [1.165, 1.54) is 10.5 Å². The number of nitrogens with one attached hydrogen (secondary N) is 3. The zero-order valence-corrected chi connectivity index (χ0v) is 13.0. The standard InChI is InChI=1S/C16H23N3O3/c1-13-2-4-14(5-3-13)12-18-16(21)15(20)17-6-7-19-8-10-22-11-9-19/h2-5H,6-12H2,1H3,(H,17,20)(H,18,21)/p+1. The number of ether oxygens (including phenoxy) is 1. The van der Waals surface area contributed by atoms with E-state index in [0.29, 0.717) is 13.1 Å². The van der Waals surface area contributed by atoms with Crippen LogP contribution in [0.15, 0.2) is 24.3 Å². The second-order valence-electron chi connectivity index (χ2n) is 5.54. The number of morpholine rings is 1. The molecule has 0 bridgehead atoms. The number of benzene rings is 1. The Morgan fingerprint density at radius 2 is 1.73 bits per heavy atom. The Morgan fingerprint density at radius 1 is 1.09 bits per heavy atom. The van der Waals surface area contributed by atoms with Gasteiger partial charge in [-0.25, -0.2) is 0 Å². The van der Waals surface area contributed by atoms with Crippen LogP contribution in [0.2, 0.25) is 0 Å². The van der Waals surface area contributed by atoms with E-state index in [1.807, 2.05) is 31.2 Å². The van der Waals surface area contributed by atoms with Crippen molar-refractivity contribution in [3.05, 3.63) is 35.4 Å². The molecule has 1 aliphatic heterocycles. The number of amides is 2. The summed E-state index contributed by atoms with van der Waals surface area (Å²) < 4.78 is 5.27. The van der Waals surface area contributed by atoms with Gasteiger partial charge in [0.05, 0.1) is 26.3 Å². The van der Waals surface area contributed by atoms with E-state index in [1.54, 1.807) is 0 Å². The average molecular weight is 306 g/mol. The Bertz CT molecular complexity index is 496. The van der Waals surface area contributed by atoms with Gasteiger partial charge < -0.3 is 20.3 Å². The number of rotatable bonds is 5. The van der Waals surface area contributed by atoms with Crippen LogP contribution in [-0.2, 0) is 20.9 Å². The minimum absolute atomic E-state index is 0.362. The summed E-state index contributed by atoms with van der Waals surface area (Å²) >= 11 is 0. The third kappa shape index (κ3) is 5.46. The average Bonchev–Trinajstić information content (AvgIpc) is 2.55. The van der Waals surface area contributed by atoms with Crippen molar-refractivity contribution >= 4 is 11.8 Å². The molecule has 6 heteroatoms. The Balaban J connectivity index is 1.63. The van der Waals surface area contributed by atoms with Crippen molar-refractivity contribution < 1.29 is 19.2 Å². The lowest BCUT2D eigenvalue weighted by Crippen LogP contribution is -3.14. The highest BCUT2D eigenvalue weighted by Crippen LogP contribution is 2.02. The zero-order valence-electron chi connectivity index (χ0n) is 13.0. The molecule has 2 rings (SSSR count). The molecule has 0 spiro atoms. The number of carbonyl (C=O) groups is 2. The van der Waals surface area contributed by atoms with Crippen LogP contribution in [0.5, 0.6) is 0 Å². The van der Waals surface area contributed by atoms with E-state index >= 15 is 0 Å². The molecule has 0 radical (unpaired) electrons. The first-order valence-electron chi connectivity index (χ1n) is 7.68. The van der Waals surface area contributed by atoms with Crippen molar-refractivity contribution in [3.63, 3.8) is 0 Å². The van der Waals surface area contributed by atoms with Crippen molar-refractivity contribution in [1.29, 1.82) is 0 Å². The molecule has 3 N–H and O–H groups in total. The van der Waals surface area contributed by atoms with Crippen LogP contribution in [0, 0.1) is 6.92 Å². The van der Waals surface area contributed by atoms with Crippen LogP contribution in [0.25, 0.3) is 0 Å². The van der Waals surface area contributed by atoms with Gasteiger partial charge in [-0.1, -0.05) is 29.8 Å². The molecular weight excluding hydrogens is 282 g/mol. The lowest BCUT2D eigenvalue weighted by molar-refractivity contribution is -0.906. The molecule has 1 aromatic carbocycles. The summed E-state index contributed by atoms with van der Waals surface area (Å²) in [7, 11) is 0. The van der Waals surface area contributed by atoms with Gasteiger partial charge in [-0.3, -0.25) is 9.59 Å². The summed E-state index contributed by atoms with van der Waals surface area (Å²) in [4.78, 5) is 24.8. The second kappa shape index (κ2) is 8.51. The maximum Gasteiger partial charge on any atom is 0.309 e. The van der Waals surface area contributed by atoms with Crippen molar-refractivity contribution in [2.24, 2.45) is 0 Å². The monoisotopic (exact) mass is 306 g/mol. The van der Waals surface area contributed by atoms with Gasteiger partial charge in [0.15, 0.2) is 0 Å². The Hall–Kier alpha value is -1.92. The van der Waals surface area contributed by atoms with Crippen molar-refractivity contribution in [3.8, 4) is 0 Å². The van der Waals surface area contributed by atoms with Crippen LogP contribution in [0.1, 0.15) is 11.1 Å². The molecule has 1 heterocycles. The summed E-state index contributed by atoms with van der Waals surface area (Å²) in [5.41, 5.74) is 2.14. The fourth-order valence-corrected chi connectivity index (χ4v) is 2.31. The summed E-state index contributed by atoms with van der Waals surface area (Å²) in [5.74, 6) is -1.16. The SMILES string of the molecule is Cc1ccc(CNC(=O)C(=O)NCC[NH+]2CCOCC2)cc1. The normalized spacial score (nSPS) is 15.3. The molecule has 22 heavy (non-hydrogen) atoms. The summed E-state index contributed by atoms with van der Waals surface area (Å²) in [6, 6.07) is 7.84. The van der Waals surface area contributed by atoms with E-state index < -0.39 is 11.8 Å². The molecule has 0 atom stereocenters. The molecule has 2 amide bonds. The molecular formula is C16H24N3O3+. The maximum atomic E-state index is 11.7. The molecule has 1 saturated heterocycles. The number of quaternary nitrogens is 1. The highest BCUT2D eigenvalue weighted by molar-refractivity contribution is 6.35. The molecule has 1 fully saturated rings. The number of hydrogen-bond acceptors (Lipinski definition) is 3. The van der Waals surface area contributed by atoms with Gasteiger partial charge in [0.2, 0.25) is 0 Å². The number of hydrogen-bond donors (Lipinski definition) is 3. The zero-order chi connectivity index (χ0) is 15.8. The van der Waals surface area contributed by atoms with Crippen LogP contribution < -0.4 is 15.5 Å². The van der Waals surface area contributed by atoms with Gasteiger partial charge in [0.1, 0.15) is 13.1 Å². The molecule has 1 aliphatic rings. The van der Waals surface area contributed by atoms with Gasteiger partial charge in [0.25, 0.3) is 0 Å². The van der Waals surface area contributed by atoms with Crippen LogP contribution in [-0.4, -0.2) is 51.2 Å². The van der Waals surface area contributed by atoms with Gasteiger partial charge in [-0.15, -0.1) is 0 Å². The van der Waals surface area contributed by atoms with Gasteiger partial charge >= 0.3 is 11.8 Å². The molecule has 0 aromatic heterocycles. The summed E-state index contributed by atoms with van der Waals surface area (Å²) in [6.07, 6.45) is 0. The fourth-order valence-electron chi connectivity index (χ4n) is 2.31. The van der Waals surface area contributed by atoms with Crippen LogP contribution in [0.3, 0.4) is 0 Å². The highest BCUT2D eigenvalue weighted by Gasteiger charge is 2.16. The largest absolute Gasteiger partial charge is 0.370 e. The molecule has 1 aromatic rings. The number of carbonyl (C=O) groups excluding carboxylic acids is 2. The summed E-state index contributed by atoms with van der Waals surface area (Å²) in [6.45, 7) is 7.13. The third-order valence-electron chi connectivity index (χ3n) is 3.74. The van der Waals surface area contributed by atoms with Crippen molar-refractivity contribution in [2.45, 2.75) is 13.5 Å². The quantitative estimate of drug-likeness (QED) is 0.589. The van der Waals surface area contributed by atoms with Crippen LogP contribution in [0.4, 0.5) is 0 Å². The van der Waals surface area contributed by atoms with Crippen molar-refractivity contribution in [2.75, 3.05) is 39.4 Å². The Morgan fingerprint density at radius 3 is 2.41 bits per heavy atom. The molecule has 0 aliphatic carbocycles. The predicted molar refractivity (Wildman–Crippen MR) is 82.4 cm³/mol. The van der Waals surface area contributed by atoms with Crippen LogP contribution >= 0.6 is 0 Å².